The van der Waals surface area contributed by atoms with E-state index in [0.29, 0.717) is 6.04 Å². The monoisotopic (exact) mass is 241 g/mol. The lowest BCUT2D eigenvalue weighted by atomic mass is 10.2. The number of nitrogens with zero attached hydrogens (tertiary/aromatic N) is 3. The molecule has 2 rings (SSSR count). The molecule has 94 valence electrons. The molecule has 0 radical (unpaired) electrons. The van der Waals surface area contributed by atoms with Gasteiger partial charge in [0.15, 0.2) is 0 Å². The fourth-order valence-corrected chi connectivity index (χ4v) is 1.87. The van der Waals surface area contributed by atoms with Gasteiger partial charge in [0.25, 0.3) is 0 Å². The van der Waals surface area contributed by atoms with Gasteiger partial charge in [0.05, 0.1) is 0 Å². The number of hydrogen-bond acceptors (Lipinski definition) is 3. The molecule has 0 spiro atoms. The predicted octanol–water partition coefficient (Wildman–Crippen LogP) is 2.89. The molecule has 2 heterocycles. The van der Waals surface area contributed by atoms with Crippen LogP contribution in [0.5, 0.6) is 0 Å². The fourth-order valence-electron chi connectivity index (χ4n) is 1.87. The molecule has 18 heavy (non-hydrogen) atoms. The third kappa shape index (κ3) is 3.64. The number of aromatic nitrogens is 2. The number of hydrogen-bond donors (Lipinski definition) is 0. The summed E-state index contributed by atoms with van der Waals surface area (Å²) in [6.07, 6.45) is 7.39. The smallest absolute Gasteiger partial charge is 0.0271 e. The predicted molar refractivity (Wildman–Crippen MR) is 72.9 cm³/mol. The van der Waals surface area contributed by atoms with E-state index in [1.54, 1.807) is 0 Å². The van der Waals surface area contributed by atoms with Crippen LogP contribution in [0.1, 0.15) is 25.0 Å². The molecule has 0 aliphatic heterocycles. The molecule has 0 saturated carbocycles. The minimum absolute atomic E-state index is 0.506. The van der Waals surface area contributed by atoms with Crippen molar-refractivity contribution in [3.8, 4) is 0 Å². The van der Waals surface area contributed by atoms with Gasteiger partial charge in [-0.1, -0.05) is 0 Å². The maximum absolute atomic E-state index is 4.05. The van der Waals surface area contributed by atoms with E-state index in [1.807, 2.05) is 24.8 Å². The second-order valence-electron chi connectivity index (χ2n) is 4.71. The van der Waals surface area contributed by atoms with Gasteiger partial charge < -0.3 is 0 Å². The van der Waals surface area contributed by atoms with Gasteiger partial charge in [0.1, 0.15) is 0 Å². The lowest BCUT2D eigenvalue weighted by Gasteiger charge is -2.26. The molecular weight excluding hydrogens is 222 g/mol. The second-order valence-corrected chi connectivity index (χ2v) is 4.71. The van der Waals surface area contributed by atoms with E-state index in [4.69, 9.17) is 0 Å². The van der Waals surface area contributed by atoms with Crippen LogP contribution in [0.25, 0.3) is 0 Å². The van der Waals surface area contributed by atoms with E-state index in [2.05, 4.69) is 53.0 Å². The van der Waals surface area contributed by atoms with Crippen LogP contribution >= 0.6 is 0 Å². The van der Waals surface area contributed by atoms with Crippen molar-refractivity contribution in [3.05, 3.63) is 60.2 Å². The van der Waals surface area contributed by atoms with Gasteiger partial charge in [-0.2, -0.15) is 0 Å². The summed E-state index contributed by atoms with van der Waals surface area (Å²) in [6, 6.07) is 8.79. The van der Waals surface area contributed by atoms with Gasteiger partial charge in [-0.25, -0.2) is 0 Å². The Balaban J connectivity index is 2.05. The molecular formula is C15H19N3. The van der Waals surface area contributed by atoms with E-state index in [9.17, 15) is 0 Å². The second kappa shape index (κ2) is 6.26. The third-order valence-electron chi connectivity index (χ3n) is 3.00. The SMILES string of the molecule is CC(C)N(Cc1ccncc1)Cc1ccncc1. The van der Waals surface area contributed by atoms with Crippen LogP contribution in [0.15, 0.2) is 49.1 Å². The highest BCUT2D eigenvalue weighted by Crippen LogP contribution is 2.12. The van der Waals surface area contributed by atoms with E-state index in [0.717, 1.165) is 13.1 Å². The van der Waals surface area contributed by atoms with Crippen molar-refractivity contribution in [3.63, 3.8) is 0 Å². The van der Waals surface area contributed by atoms with Crippen LogP contribution < -0.4 is 0 Å². The Labute approximate surface area is 109 Å². The maximum atomic E-state index is 4.05. The molecule has 0 fully saturated rings. The van der Waals surface area contributed by atoms with Crippen LogP contribution in [-0.2, 0) is 13.1 Å². The highest BCUT2D eigenvalue weighted by Gasteiger charge is 2.10. The quantitative estimate of drug-likeness (QED) is 0.806. The Morgan fingerprint density at radius 3 is 1.56 bits per heavy atom. The fraction of sp³-hybridized carbons (Fsp3) is 0.333. The summed E-state index contributed by atoms with van der Waals surface area (Å²) in [5, 5.41) is 0. The van der Waals surface area contributed by atoms with Gasteiger partial charge in [0, 0.05) is 43.9 Å². The highest BCUT2D eigenvalue weighted by molar-refractivity contribution is 5.12. The average Bonchev–Trinajstić information content (AvgIpc) is 2.40. The minimum atomic E-state index is 0.506. The molecule has 0 saturated heterocycles. The lowest BCUT2D eigenvalue weighted by Crippen LogP contribution is -2.29. The van der Waals surface area contributed by atoms with Crippen LogP contribution in [0, 0.1) is 0 Å². The van der Waals surface area contributed by atoms with Gasteiger partial charge >= 0.3 is 0 Å². The zero-order chi connectivity index (χ0) is 12.8. The van der Waals surface area contributed by atoms with E-state index >= 15 is 0 Å². The van der Waals surface area contributed by atoms with Crippen molar-refractivity contribution in [2.24, 2.45) is 0 Å². The Morgan fingerprint density at radius 2 is 1.22 bits per heavy atom. The Bertz CT molecular complexity index is 412. The van der Waals surface area contributed by atoms with Crippen molar-refractivity contribution < 1.29 is 0 Å². The first kappa shape index (κ1) is 12.7. The first-order valence-corrected chi connectivity index (χ1v) is 6.27. The molecule has 0 unspecified atom stereocenters. The highest BCUT2D eigenvalue weighted by atomic mass is 15.1. The molecule has 3 heteroatoms. The maximum Gasteiger partial charge on any atom is 0.0271 e. The zero-order valence-electron chi connectivity index (χ0n) is 11.0. The summed E-state index contributed by atoms with van der Waals surface area (Å²) < 4.78 is 0. The van der Waals surface area contributed by atoms with Crippen molar-refractivity contribution in [1.29, 1.82) is 0 Å². The molecule has 3 nitrogen and oxygen atoms in total. The molecule has 2 aromatic rings. The summed E-state index contributed by atoms with van der Waals surface area (Å²) in [4.78, 5) is 10.5. The van der Waals surface area contributed by atoms with Gasteiger partial charge in [-0.05, 0) is 49.2 Å². The Hall–Kier alpha value is -1.74. The van der Waals surface area contributed by atoms with Crippen molar-refractivity contribution >= 4 is 0 Å². The standard InChI is InChI=1S/C15H19N3/c1-13(2)18(11-14-3-7-16-8-4-14)12-15-5-9-17-10-6-15/h3-10,13H,11-12H2,1-2H3. The molecule has 0 aromatic carbocycles. The van der Waals surface area contributed by atoms with Crippen LogP contribution in [0.4, 0.5) is 0 Å². The molecule has 0 atom stereocenters. The molecule has 2 aromatic heterocycles. The van der Waals surface area contributed by atoms with Gasteiger partial charge in [0.2, 0.25) is 0 Å². The molecule has 0 amide bonds. The van der Waals surface area contributed by atoms with Crippen LogP contribution in [0.2, 0.25) is 0 Å². The zero-order valence-corrected chi connectivity index (χ0v) is 11.0. The van der Waals surface area contributed by atoms with Gasteiger partial charge in [-0.3, -0.25) is 14.9 Å². The van der Waals surface area contributed by atoms with Crippen LogP contribution in [0.3, 0.4) is 0 Å². The number of rotatable bonds is 5. The largest absolute Gasteiger partial charge is 0.292 e. The molecule has 0 aliphatic carbocycles. The Morgan fingerprint density at radius 1 is 0.833 bits per heavy atom. The summed E-state index contributed by atoms with van der Waals surface area (Å²) in [5.74, 6) is 0. The topological polar surface area (TPSA) is 29.0 Å². The molecule has 0 bridgehead atoms. The van der Waals surface area contributed by atoms with E-state index < -0.39 is 0 Å². The lowest BCUT2D eigenvalue weighted by molar-refractivity contribution is 0.203. The van der Waals surface area contributed by atoms with Crippen LogP contribution in [-0.4, -0.2) is 20.9 Å². The summed E-state index contributed by atoms with van der Waals surface area (Å²) in [6.45, 7) is 6.34. The van der Waals surface area contributed by atoms with Crippen molar-refractivity contribution in [2.45, 2.75) is 33.0 Å². The summed E-state index contributed by atoms with van der Waals surface area (Å²) in [5.41, 5.74) is 2.60. The van der Waals surface area contributed by atoms with Crippen molar-refractivity contribution in [2.75, 3.05) is 0 Å². The van der Waals surface area contributed by atoms with E-state index in [-0.39, 0.29) is 0 Å². The molecule has 0 N–H and O–H groups in total. The number of pyridine rings is 2. The Kier molecular flexibility index (Phi) is 4.42. The normalized spacial score (nSPS) is 11.1. The average molecular weight is 241 g/mol. The van der Waals surface area contributed by atoms with Gasteiger partial charge in [-0.15, -0.1) is 0 Å². The first-order chi connectivity index (χ1) is 8.75. The molecule has 0 aliphatic rings. The third-order valence-corrected chi connectivity index (χ3v) is 3.00. The first-order valence-electron chi connectivity index (χ1n) is 6.27. The van der Waals surface area contributed by atoms with Crippen molar-refractivity contribution in [1.82, 2.24) is 14.9 Å². The minimum Gasteiger partial charge on any atom is -0.292 e. The summed E-state index contributed by atoms with van der Waals surface area (Å²) in [7, 11) is 0. The summed E-state index contributed by atoms with van der Waals surface area (Å²) >= 11 is 0. The van der Waals surface area contributed by atoms with E-state index in [1.165, 1.54) is 11.1 Å².